The summed E-state index contributed by atoms with van der Waals surface area (Å²) in [5.41, 5.74) is 12.1. The van der Waals surface area contributed by atoms with Crippen molar-refractivity contribution in [3.05, 3.63) is 16.9 Å². The second-order valence-electron chi connectivity index (χ2n) is 5.71. The van der Waals surface area contributed by atoms with Crippen LogP contribution in [0.25, 0.3) is 0 Å². The van der Waals surface area contributed by atoms with E-state index in [1.807, 2.05) is 0 Å². The van der Waals surface area contributed by atoms with Crippen LogP contribution >= 0.6 is 11.6 Å². The van der Waals surface area contributed by atoms with Crippen molar-refractivity contribution in [2.75, 3.05) is 23.3 Å². The molecular weight excluding hydrogens is 253 g/mol. The summed E-state index contributed by atoms with van der Waals surface area (Å²) in [5, 5.41) is 2.93. The van der Waals surface area contributed by atoms with E-state index in [4.69, 9.17) is 23.1 Å². The van der Waals surface area contributed by atoms with Gasteiger partial charge in [-0.1, -0.05) is 39.3 Å². The molecule has 0 bridgehead atoms. The molecule has 1 aromatic rings. The van der Waals surface area contributed by atoms with Crippen LogP contribution in [-0.4, -0.2) is 6.54 Å². The fraction of sp³-hybridized carbons (Fsp3) is 0.538. The fourth-order valence-electron chi connectivity index (χ4n) is 1.41. The van der Waals surface area contributed by atoms with Gasteiger partial charge in [-0.15, -0.1) is 0 Å². The molecular formula is C13H21ClFN3. The van der Waals surface area contributed by atoms with E-state index in [0.29, 0.717) is 12.5 Å². The molecule has 102 valence electrons. The van der Waals surface area contributed by atoms with Gasteiger partial charge in [-0.25, -0.2) is 4.39 Å². The van der Waals surface area contributed by atoms with E-state index < -0.39 is 5.82 Å². The number of halogens is 2. The van der Waals surface area contributed by atoms with Crippen molar-refractivity contribution in [3.63, 3.8) is 0 Å². The Morgan fingerprint density at radius 2 is 1.89 bits per heavy atom. The molecule has 0 amide bonds. The summed E-state index contributed by atoms with van der Waals surface area (Å²) in [4.78, 5) is 0. The molecule has 0 aliphatic heterocycles. The normalized spacial score (nSPS) is 13.4. The van der Waals surface area contributed by atoms with E-state index in [9.17, 15) is 4.39 Å². The van der Waals surface area contributed by atoms with Crippen molar-refractivity contribution in [3.8, 4) is 0 Å². The molecule has 0 fully saturated rings. The maximum atomic E-state index is 13.9. The molecule has 5 heteroatoms. The van der Waals surface area contributed by atoms with Crippen LogP contribution in [-0.2, 0) is 0 Å². The van der Waals surface area contributed by atoms with Gasteiger partial charge in [0.1, 0.15) is 5.02 Å². The van der Waals surface area contributed by atoms with E-state index >= 15 is 0 Å². The minimum atomic E-state index is -0.588. The second-order valence-corrected chi connectivity index (χ2v) is 6.08. The van der Waals surface area contributed by atoms with E-state index in [1.165, 1.54) is 6.07 Å². The van der Waals surface area contributed by atoms with Crippen molar-refractivity contribution in [1.82, 2.24) is 0 Å². The minimum Gasteiger partial charge on any atom is -0.397 e. The van der Waals surface area contributed by atoms with Gasteiger partial charge in [-0.2, -0.15) is 0 Å². The van der Waals surface area contributed by atoms with Crippen molar-refractivity contribution in [2.45, 2.75) is 27.7 Å². The molecule has 0 aromatic heterocycles. The van der Waals surface area contributed by atoms with Crippen LogP contribution in [0.15, 0.2) is 6.07 Å². The first-order valence-electron chi connectivity index (χ1n) is 5.91. The molecule has 0 aliphatic carbocycles. The predicted octanol–water partition coefficient (Wildman–Crippen LogP) is 3.74. The number of benzene rings is 1. The zero-order valence-corrected chi connectivity index (χ0v) is 12.0. The zero-order valence-electron chi connectivity index (χ0n) is 11.3. The van der Waals surface area contributed by atoms with Crippen molar-refractivity contribution in [1.29, 1.82) is 0 Å². The van der Waals surface area contributed by atoms with Gasteiger partial charge in [-0.05, 0) is 17.4 Å². The van der Waals surface area contributed by atoms with Gasteiger partial charge in [0.15, 0.2) is 5.82 Å². The minimum absolute atomic E-state index is 0.0879. The topological polar surface area (TPSA) is 64.1 Å². The molecule has 0 aliphatic rings. The lowest BCUT2D eigenvalue weighted by molar-refractivity contribution is 0.274. The first-order valence-corrected chi connectivity index (χ1v) is 6.29. The number of hydrogen-bond acceptors (Lipinski definition) is 3. The molecule has 0 saturated carbocycles. The van der Waals surface area contributed by atoms with Gasteiger partial charge < -0.3 is 16.8 Å². The third-order valence-corrected chi connectivity index (χ3v) is 3.71. The lowest BCUT2D eigenvalue weighted by atomic mass is 9.82. The maximum absolute atomic E-state index is 13.9. The molecule has 0 saturated heterocycles. The summed E-state index contributed by atoms with van der Waals surface area (Å²) >= 11 is 5.76. The molecule has 1 unspecified atom stereocenters. The third kappa shape index (κ3) is 3.19. The standard InChI is InChI=1S/C13H21ClFN3/c1-7(13(2,3)4)6-18-12-9(17)5-8(16)10(14)11(12)15/h5,7,18H,6,16-17H2,1-4H3. The Balaban J connectivity index is 2.90. The quantitative estimate of drug-likeness (QED) is 0.735. The Morgan fingerprint density at radius 1 is 1.33 bits per heavy atom. The molecule has 3 nitrogen and oxygen atoms in total. The molecule has 0 spiro atoms. The lowest BCUT2D eigenvalue weighted by Crippen LogP contribution is -2.25. The summed E-state index contributed by atoms with van der Waals surface area (Å²) in [6, 6.07) is 1.47. The summed E-state index contributed by atoms with van der Waals surface area (Å²) in [6.07, 6.45) is 0. The van der Waals surface area contributed by atoms with Crippen LogP contribution in [0.1, 0.15) is 27.7 Å². The molecule has 18 heavy (non-hydrogen) atoms. The average molecular weight is 274 g/mol. The van der Waals surface area contributed by atoms with Crippen LogP contribution < -0.4 is 16.8 Å². The highest BCUT2D eigenvalue weighted by Gasteiger charge is 2.21. The number of anilines is 3. The Labute approximate surface area is 113 Å². The number of rotatable bonds is 3. The lowest BCUT2D eigenvalue weighted by Gasteiger charge is -2.28. The van der Waals surface area contributed by atoms with Crippen LogP contribution in [0.4, 0.5) is 21.5 Å². The van der Waals surface area contributed by atoms with E-state index in [2.05, 4.69) is 33.0 Å². The summed E-state index contributed by atoms with van der Waals surface area (Å²) < 4.78 is 13.9. The highest BCUT2D eigenvalue weighted by molar-refractivity contribution is 6.33. The van der Waals surface area contributed by atoms with Crippen LogP contribution in [0.3, 0.4) is 0 Å². The first kappa shape index (κ1) is 14.9. The van der Waals surface area contributed by atoms with Gasteiger partial charge in [-0.3, -0.25) is 0 Å². The summed E-state index contributed by atoms with van der Waals surface area (Å²) in [5.74, 6) is -0.233. The number of nitrogens with two attached hydrogens (primary N) is 2. The van der Waals surface area contributed by atoms with Gasteiger partial charge in [0.2, 0.25) is 0 Å². The Morgan fingerprint density at radius 3 is 2.39 bits per heavy atom. The highest BCUT2D eigenvalue weighted by Crippen LogP contribution is 2.34. The van der Waals surface area contributed by atoms with Crippen molar-refractivity contribution in [2.24, 2.45) is 11.3 Å². The molecule has 1 rings (SSSR count). The molecule has 0 heterocycles. The van der Waals surface area contributed by atoms with Crippen LogP contribution in [0, 0.1) is 17.2 Å². The van der Waals surface area contributed by atoms with Gasteiger partial charge in [0.05, 0.1) is 17.1 Å². The van der Waals surface area contributed by atoms with Crippen LogP contribution in [0.2, 0.25) is 5.02 Å². The van der Waals surface area contributed by atoms with E-state index in [1.54, 1.807) is 0 Å². The number of hydrogen-bond donors (Lipinski definition) is 3. The Bertz CT molecular complexity index is 441. The van der Waals surface area contributed by atoms with Gasteiger partial charge in [0, 0.05) is 6.54 Å². The monoisotopic (exact) mass is 273 g/mol. The van der Waals surface area contributed by atoms with Crippen LogP contribution in [0.5, 0.6) is 0 Å². The highest BCUT2D eigenvalue weighted by atomic mass is 35.5. The summed E-state index contributed by atoms with van der Waals surface area (Å²) in [7, 11) is 0. The van der Waals surface area contributed by atoms with Gasteiger partial charge in [0.25, 0.3) is 0 Å². The SMILES string of the molecule is CC(CNc1c(N)cc(N)c(Cl)c1F)C(C)(C)C. The van der Waals surface area contributed by atoms with Crippen molar-refractivity contribution < 1.29 is 4.39 Å². The molecule has 1 atom stereocenters. The largest absolute Gasteiger partial charge is 0.397 e. The molecule has 5 N–H and O–H groups in total. The first-order chi connectivity index (χ1) is 8.14. The molecule has 1 aromatic carbocycles. The molecule has 0 radical (unpaired) electrons. The zero-order chi connectivity index (χ0) is 14.1. The van der Waals surface area contributed by atoms with Crippen molar-refractivity contribution >= 4 is 28.7 Å². The number of nitrogen functional groups attached to an aromatic ring is 2. The number of nitrogens with one attached hydrogen (secondary N) is 1. The Kier molecular flexibility index (Phi) is 4.32. The average Bonchev–Trinajstić information content (AvgIpc) is 2.24. The van der Waals surface area contributed by atoms with E-state index in [-0.39, 0.29) is 27.5 Å². The van der Waals surface area contributed by atoms with E-state index in [0.717, 1.165) is 0 Å². The smallest absolute Gasteiger partial charge is 0.169 e. The Hall–Kier alpha value is -1.16. The maximum Gasteiger partial charge on any atom is 0.169 e. The van der Waals surface area contributed by atoms with Gasteiger partial charge >= 0.3 is 0 Å². The third-order valence-electron chi connectivity index (χ3n) is 3.33. The predicted molar refractivity (Wildman–Crippen MR) is 77.3 cm³/mol. The summed E-state index contributed by atoms with van der Waals surface area (Å²) in [6.45, 7) is 9.12. The second kappa shape index (κ2) is 5.22. The fourth-order valence-corrected chi connectivity index (χ4v) is 1.56.